The van der Waals surface area contributed by atoms with Crippen molar-refractivity contribution in [1.29, 1.82) is 0 Å². The van der Waals surface area contributed by atoms with Gasteiger partial charge in [-0.15, -0.1) is 0 Å². The molecule has 0 spiro atoms. The number of aryl methyl sites for hydroxylation is 1. The van der Waals surface area contributed by atoms with Crippen LogP contribution in [0, 0.1) is 17.0 Å². The average Bonchev–Trinajstić information content (AvgIpc) is 2.41. The number of nitro groups is 1. The van der Waals surface area contributed by atoms with Crippen molar-refractivity contribution in [3.05, 3.63) is 32.3 Å². The Morgan fingerprint density at radius 2 is 2.00 bits per heavy atom. The smallest absolute Gasteiger partial charge is 0.273 e. The number of hydrogen-bond donors (Lipinski definition) is 1. The zero-order valence-electron chi connectivity index (χ0n) is 12.0. The summed E-state index contributed by atoms with van der Waals surface area (Å²) in [6.45, 7) is 8.14. The first-order valence-electron chi connectivity index (χ1n) is 7.20. The summed E-state index contributed by atoms with van der Waals surface area (Å²) in [5.41, 5.74) is 1.94. The molecule has 0 aliphatic carbocycles. The maximum absolute atomic E-state index is 11.0. The van der Waals surface area contributed by atoms with Gasteiger partial charge in [0.2, 0.25) is 0 Å². The van der Waals surface area contributed by atoms with Crippen LogP contribution in [-0.2, 0) is 0 Å². The summed E-state index contributed by atoms with van der Waals surface area (Å²) in [7, 11) is 0. The Labute approximate surface area is 132 Å². The second-order valence-electron chi connectivity index (χ2n) is 5.69. The van der Waals surface area contributed by atoms with Crippen molar-refractivity contribution < 1.29 is 4.92 Å². The fourth-order valence-corrected chi connectivity index (χ4v) is 3.61. The molecule has 2 saturated heterocycles. The number of anilines is 1. The minimum atomic E-state index is -0.330. The summed E-state index contributed by atoms with van der Waals surface area (Å²) < 4.78 is 0.804. The van der Waals surface area contributed by atoms with Gasteiger partial charge in [-0.25, -0.2) is 0 Å². The van der Waals surface area contributed by atoms with Crippen molar-refractivity contribution in [1.82, 2.24) is 10.2 Å². The first kappa shape index (κ1) is 14.7. The third kappa shape index (κ3) is 2.90. The molecule has 0 aromatic heterocycles. The Morgan fingerprint density at radius 1 is 1.33 bits per heavy atom. The fourth-order valence-electron chi connectivity index (χ4n) is 3.03. The Balaban J connectivity index is 1.69. The molecule has 0 saturated carbocycles. The molecule has 0 bridgehead atoms. The number of nitrogens with one attached hydrogen (secondary N) is 1. The Hall–Kier alpha value is -1.18. The predicted molar refractivity (Wildman–Crippen MR) is 86.0 cm³/mol. The molecule has 0 radical (unpaired) electrons. The number of benzene rings is 1. The highest BCUT2D eigenvalue weighted by molar-refractivity contribution is 9.10. The first-order valence-corrected chi connectivity index (χ1v) is 8.00. The fraction of sp³-hybridized carbons (Fsp3) is 0.571. The molecule has 114 valence electrons. The molecule has 7 heteroatoms. The first-order chi connectivity index (χ1) is 10.1. The van der Waals surface area contributed by atoms with E-state index in [0.717, 1.165) is 49.4 Å². The van der Waals surface area contributed by atoms with Gasteiger partial charge in [-0.1, -0.05) is 0 Å². The number of nitrogens with zero attached hydrogens (tertiary/aromatic N) is 3. The van der Waals surface area contributed by atoms with Crippen LogP contribution in [0.1, 0.15) is 5.56 Å². The quantitative estimate of drug-likeness (QED) is 0.661. The van der Waals surface area contributed by atoms with Crippen molar-refractivity contribution in [3.8, 4) is 0 Å². The summed E-state index contributed by atoms with van der Waals surface area (Å²) in [6.07, 6.45) is 0. The van der Waals surface area contributed by atoms with Crippen molar-refractivity contribution >= 4 is 27.3 Å². The highest BCUT2D eigenvalue weighted by Crippen LogP contribution is 2.35. The summed E-state index contributed by atoms with van der Waals surface area (Å²) in [5.74, 6) is 0. The zero-order chi connectivity index (χ0) is 15.0. The lowest BCUT2D eigenvalue weighted by Crippen LogP contribution is -2.63. The number of piperazine rings is 1. The molecule has 0 unspecified atom stereocenters. The van der Waals surface area contributed by atoms with Crippen LogP contribution in [0.15, 0.2) is 16.6 Å². The summed E-state index contributed by atoms with van der Waals surface area (Å²) in [4.78, 5) is 15.4. The van der Waals surface area contributed by atoms with Gasteiger partial charge in [-0.05, 0) is 28.9 Å². The summed E-state index contributed by atoms with van der Waals surface area (Å²) in [5, 5.41) is 14.3. The van der Waals surface area contributed by atoms with Gasteiger partial charge in [0.25, 0.3) is 5.69 Å². The minimum Gasteiger partial charge on any atom is -0.367 e. The lowest BCUT2D eigenvalue weighted by molar-refractivity contribution is -0.385. The van der Waals surface area contributed by atoms with E-state index in [0.29, 0.717) is 11.6 Å². The van der Waals surface area contributed by atoms with Gasteiger partial charge in [0.1, 0.15) is 0 Å². The van der Waals surface area contributed by atoms with Gasteiger partial charge in [-0.2, -0.15) is 0 Å². The lowest BCUT2D eigenvalue weighted by Gasteiger charge is -2.48. The Bertz CT molecular complexity index is 554. The molecule has 1 aromatic carbocycles. The van der Waals surface area contributed by atoms with Crippen LogP contribution in [-0.4, -0.2) is 55.1 Å². The van der Waals surface area contributed by atoms with Crippen molar-refractivity contribution in [2.24, 2.45) is 0 Å². The van der Waals surface area contributed by atoms with E-state index < -0.39 is 0 Å². The molecule has 2 heterocycles. The van der Waals surface area contributed by atoms with Crippen molar-refractivity contribution in [3.63, 3.8) is 0 Å². The van der Waals surface area contributed by atoms with E-state index in [2.05, 4.69) is 31.0 Å². The summed E-state index contributed by atoms with van der Waals surface area (Å²) in [6, 6.07) is 4.13. The second kappa shape index (κ2) is 5.90. The van der Waals surface area contributed by atoms with E-state index in [-0.39, 0.29) is 10.6 Å². The predicted octanol–water partition coefficient (Wildman–Crippen LogP) is 1.76. The van der Waals surface area contributed by atoms with Crippen LogP contribution in [0.25, 0.3) is 0 Å². The van der Waals surface area contributed by atoms with Gasteiger partial charge in [-0.3, -0.25) is 15.0 Å². The molecular formula is C14H19BrN4O2. The third-order valence-electron chi connectivity index (χ3n) is 4.33. The SMILES string of the molecule is Cc1cc(N2CC(N3CCNCC3)C2)c(Br)cc1[N+](=O)[O-]. The highest BCUT2D eigenvalue weighted by atomic mass is 79.9. The van der Waals surface area contributed by atoms with Crippen molar-refractivity contribution in [2.75, 3.05) is 44.2 Å². The van der Waals surface area contributed by atoms with Crippen molar-refractivity contribution in [2.45, 2.75) is 13.0 Å². The maximum Gasteiger partial charge on any atom is 0.273 e. The molecule has 3 rings (SSSR count). The van der Waals surface area contributed by atoms with Crippen LogP contribution in [0.5, 0.6) is 0 Å². The number of nitro benzene ring substituents is 1. The number of rotatable bonds is 3. The molecule has 0 amide bonds. The van der Waals surface area contributed by atoms with Gasteiger partial charge >= 0.3 is 0 Å². The van der Waals surface area contributed by atoms with Gasteiger partial charge in [0.15, 0.2) is 0 Å². The Morgan fingerprint density at radius 3 is 2.62 bits per heavy atom. The Kier molecular flexibility index (Phi) is 4.14. The van der Waals surface area contributed by atoms with E-state index in [1.54, 1.807) is 13.0 Å². The van der Waals surface area contributed by atoms with E-state index in [9.17, 15) is 10.1 Å². The molecule has 1 N–H and O–H groups in total. The maximum atomic E-state index is 11.0. The van der Waals surface area contributed by atoms with Crippen LogP contribution in [0.4, 0.5) is 11.4 Å². The number of halogens is 1. The molecule has 0 atom stereocenters. The molecule has 1 aromatic rings. The van der Waals surface area contributed by atoms with Crippen LogP contribution >= 0.6 is 15.9 Å². The molecular weight excluding hydrogens is 336 g/mol. The average molecular weight is 355 g/mol. The topological polar surface area (TPSA) is 61.6 Å². The van der Waals surface area contributed by atoms with Crippen LogP contribution in [0.2, 0.25) is 0 Å². The van der Waals surface area contributed by atoms with Gasteiger partial charge < -0.3 is 10.2 Å². The van der Waals surface area contributed by atoms with Crippen LogP contribution < -0.4 is 10.2 Å². The highest BCUT2D eigenvalue weighted by Gasteiger charge is 2.33. The van der Waals surface area contributed by atoms with Gasteiger partial charge in [0.05, 0.1) is 10.6 Å². The molecule has 2 aliphatic heterocycles. The zero-order valence-corrected chi connectivity index (χ0v) is 13.6. The van der Waals surface area contributed by atoms with E-state index in [1.807, 2.05) is 6.07 Å². The third-order valence-corrected chi connectivity index (χ3v) is 4.97. The molecule has 2 fully saturated rings. The standard InChI is InChI=1S/C14H19BrN4O2/c1-10-6-14(12(15)7-13(10)19(20)21)18-8-11(9-18)17-4-2-16-3-5-17/h6-7,11,16H,2-5,8-9H2,1H3. The molecule has 6 nitrogen and oxygen atoms in total. The largest absolute Gasteiger partial charge is 0.367 e. The molecule has 21 heavy (non-hydrogen) atoms. The van der Waals surface area contributed by atoms with Gasteiger partial charge in [0, 0.05) is 61.4 Å². The molecule has 2 aliphatic rings. The second-order valence-corrected chi connectivity index (χ2v) is 6.55. The minimum absolute atomic E-state index is 0.171. The van der Waals surface area contributed by atoms with Crippen LogP contribution in [0.3, 0.4) is 0 Å². The van der Waals surface area contributed by atoms with E-state index >= 15 is 0 Å². The monoisotopic (exact) mass is 354 g/mol. The number of hydrogen-bond acceptors (Lipinski definition) is 5. The van der Waals surface area contributed by atoms with E-state index in [1.165, 1.54) is 0 Å². The normalized spacial score (nSPS) is 20.4. The van der Waals surface area contributed by atoms with E-state index in [4.69, 9.17) is 0 Å². The summed E-state index contributed by atoms with van der Waals surface area (Å²) >= 11 is 3.47. The lowest BCUT2D eigenvalue weighted by atomic mass is 10.0.